The molecule has 49 heavy (non-hydrogen) atoms. The Morgan fingerprint density at radius 1 is 0.959 bits per heavy atom. The van der Waals surface area contributed by atoms with Crippen LogP contribution in [0.4, 0.5) is 30.8 Å². The molecule has 3 aromatic rings. The van der Waals surface area contributed by atoms with E-state index in [1.165, 1.54) is 24.3 Å². The summed E-state index contributed by atoms with van der Waals surface area (Å²) in [7, 11) is 3.56. The predicted octanol–water partition coefficient (Wildman–Crippen LogP) is 2.29. The van der Waals surface area contributed by atoms with Crippen LogP contribution in [0.15, 0.2) is 48.5 Å². The number of hydrogen-bond donors (Lipinski definition) is 6. The number of nitrogens with zero attached hydrogens (tertiary/aromatic N) is 4. The molecule has 4 rings (SSSR count). The average Bonchev–Trinajstić information content (AvgIpc) is 3.81. The number of carboxylic acids is 1. The number of anilines is 3. The smallest absolute Gasteiger partial charge is 0.422 e. The topological polar surface area (TPSA) is 200 Å². The lowest BCUT2D eigenvalue weighted by Gasteiger charge is -2.19. The Bertz CT molecular complexity index is 1660. The molecule has 1 aromatic heterocycles. The molecular formula is C30H33ClF3N9O6. The van der Waals surface area contributed by atoms with Crippen molar-refractivity contribution in [2.45, 2.75) is 30.6 Å². The Kier molecular flexibility index (Phi) is 11.8. The van der Waals surface area contributed by atoms with Crippen molar-refractivity contribution in [2.24, 2.45) is 0 Å². The fourth-order valence-electron chi connectivity index (χ4n) is 4.30. The molecule has 6 N–H and O–H groups in total. The summed E-state index contributed by atoms with van der Waals surface area (Å²) >= 11 is 6.00. The van der Waals surface area contributed by atoms with E-state index in [1.807, 2.05) is 12.1 Å². The molecule has 0 bridgehead atoms. The summed E-state index contributed by atoms with van der Waals surface area (Å²) in [4.78, 5) is 62.4. The van der Waals surface area contributed by atoms with Gasteiger partial charge in [-0.2, -0.15) is 28.1 Å². The molecule has 0 spiro atoms. The molecule has 3 amide bonds. The number of nitrogens with one attached hydrogen (secondary N) is 5. The summed E-state index contributed by atoms with van der Waals surface area (Å²) in [5.41, 5.74) is 0.674. The first-order valence-electron chi connectivity index (χ1n) is 14.7. The third-order valence-corrected chi connectivity index (χ3v) is 7.25. The highest BCUT2D eigenvalue weighted by Gasteiger charge is 2.45. The van der Waals surface area contributed by atoms with Crippen LogP contribution in [0.5, 0.6) is 6.01 Å². The predicted molar refractivity (Wildman–Crippen MR) is 171 cm³/mol. The largest absolute Gasteiger partial charge is 0.480 e. The zero-order valence-electron chi connectivity index (χ0n) is 26.2. The van der Waals surface area contributed by atoms with Gasteiger partial charge in [-0.3, -0.25) is 14.4 Å². The number of amides is 3. The van der Waals surface area contributed by atoms with Gasteiger partial charge in [-0.25, -0.2) is 4.79 Å². The number of carbonyl (C=O) groups is 4. The van der Waals surface area contributed by atoms with Crippen molar-refractivity contribution in [1.29, 1.82) is 0 Å². The van der Waals surface area contributed by atoms with Crippen LogP contribution in [0, 0.1) is 0 Å². The van der Waals surface area contributed by atoms with Gasteiger partial charge in [0.1, 0.15) is 6.04 Å². The molecule has 0 unspecified atom stereocenters. The van der Waals surface area contributed by atoms with Crippen LogP contribution >= 0.6 is 11.6 Å². The van der Waals surface area contributed by atoms with Gasteiger partial charge >= 0.3 is 30.0 Å². The highest BCUT2D eigenvalue weighted by Crippen LogP contribution is 2.48. The average molecular weight is 708 g/mol. The van der Waals surface area contributed by atoms with E-state index in [4.69, 9.17) is 16.3 Å². The third kappa shape index (κ3) is 11.2. The van der Waals surface area contributed by atoms with Crippen molar-refractivity contribution in [3.63, 3.8) is 0 Å². The van der Waals surface area contributed by atoms with E-state index in [0.29, 0.717) is 30.1 Å². The van der Waals surface area contributed by atoms with Crippen LogP contribution in [-0.2, 0) is 19.9 Å². The van der Waals surface area contributed by atoms with Crippen LogP contribution in [0.1, 0.15) is 28.8 Å². The number of benzene rings is 2. The van der Waals surface area contributed by atoms with E-state index < -0.39 is 60.6 Å². The van der Waals surface area contributed by atoms with Gasteiger partial charge in [0.2, 0.25) is 11.9 Å². The molecule has 19 heteroatoms. The molecule has 15 nitrogen and oxygen atoms in total. The highest BCUT2D eigenvalue weighted by atomic mass is 35.5. The van der Waals surface area contributed by atoms with Crippen molar-refractivity contribution >= 4 is 52.9 Å². The van der Waals surface area contributed by atoms with Crippen LogP contribution in [-0.4, -0.2) is 101 Å². The molecule has 1 heterocycles. The van der Waals surface area contributed by atoms with Crippen LogP contribution in [0.3, 0.4) is 0 Å². The summed E-state index contributed by atoms with van der Waals surface area (Å²) in [6.45, 7) is -1.51. The van der Waals surface area contributed by atoms with Crippen molar-refractivity contribution in [3.05, 3.63) is 64.7 Å². The van der Waals surface area contributed by atoms with Crippen molar-refractivity contribution < 1.29 is 42.2 Å². The Hall–Kier alpha value is -5.23. The van der Waals surface area contributed by atoms with E-state index in [0.717, 1.165) is 5.56 Å². The molecule has 2 aromatic carbocycles. The van der Waals surface area contributed by atoms with Gasteiger partial charge in [0.05, 0.1) is 5.54 Å². The number of halogens is 4. The Morgan fingerprint density at radius 3 is 2.18 bits per heavy atom. The van der Waals surface area contributed by atoms with Gasteiger partial charge < -0.3 is 41.3 Å². The normalized spacial score (nSPS) is 13.9. The first-order chi connectivity index (χ1) is 23.1. The van der Waals surface area contributed by atoms with E-state index in [1.54, 1.807) is 31.1 Å². The number of aliphatic carboxylic acids is 1. The van der Waals surface area contributed by atoms with Gasteiger partial charge in [0, 0.05) is 35.9 Å². The van der Waals surface area contributed by atoms with Crippen LogP contribution in [0.25, 0.3) is 0 Å². The number of likely N-dealkylation sites (N-methyl/N-ethyl adjacent to an activating group) is 1. The van der Waals surface area contributed by atoms with Crippen molar-refractivity contribution in [2.75, 3.05) is 51.0 Å². The van der Waals surface area contributed by atoms with Gasteiger partial charge in [-0.1, -0.05) is 23.7 Å². The number of carbonyl (C=O) groups excluding carboxylic acids is 3. The number of carboxylic acid groups (broad SMARTS) is 1. The SMILES string of the molecule is CN(C)CCNC(=O)C(=O)NC[C@@H](NC(=O)c1ccc(Nc2nc(NC3(c4ccc(Cl)cc4)CC3)nc(OCC(F)(F)F)n2)cc1)C(=O)O. The molecule has 1 fully saturated rings. The second-order valence-corrected chi connectivity index (χ2v) is 11.7. The first-order valence-corrected chi connectivity index (χ1v) is 15.1. The molecule has 1 aliphatic rings. The summed E-state index contributed by atoms with van der Waals surface area (Å²) in [6.07, 6.45) is -3.24. The zero-order chi connectivity index (χ0) is 35.8. The van der Waals surface area contributed by atoms with E-state index in [2.05, 4.69) is 41.5 Å². The monoisotopic (exact) mass is 707 g/mol. The summed E-state index contributed by atoms with van der Waals surface area (Å²) in [6, 6.07) is 10.5. The number of rotatable bonds is 15. The minimum absolute atomic E-state index is 0.0374. The molecule has 0 aliphatic heterocycles. The maximum absolute atomic E-state index is 12.9. The van der Waals surface area contributed by atoms with Crippen molar-refractivity contribution in [3.8, 4) is 6.01 Å². The second-order valence-electron chi connectivity index (χ2n) is 11.2. The number of alkyl halides is 3. The van der Waals surface area contributed by atoms with E-state index in [-0.39, 0.29) is 24.0 Å². The minimum Gasteiger partial charge on any atom is -0.480 e. The quantitative estimate of drug-likeness (QED) is 0.126. The first kappa shape index (κ1) is 36.6. The third-order valence-electron chi connectivity index (χ3n) is 7.00. The van der Waals surface area contributed by atoms with Gasteiger partial charge in [-0.15, -0.1) is 0 Å². The molecular weight excluding hydrogens is 675 g/mol. The Morgan fingerprint density at radius 2 is 1.59 bits per heavy atom. The lowest BCUT2D eigenvalue weighted by molar-refractivity contribution is -0.154. The zero-order valence-corrected chi connectivity index (χ0v) is 27.0. The molecule has 1 aliphatic carbocycles. The van der Waals surface area contributed by atoms with Gasteiger partial charge in [-0.05, 0) is 68.9 Å². The maximum atomic E-state index is 12.9. The molecule has 0 saturated heterocycles. The Balaban J connectivity index is 1.41. The number of ether oxygens (including phenoxy) is 1. The molecule has 0 radical (unpaired) electrons. The standard InChI is InChI=1S/C30H33ClF3N9O6/c1-43(2)14-13-35-23(45)24(46)36-15-21(25(47)48)38-22(44)17-3-9-20(10-4-17)37-26-39-27(41-28(40-26)49-16-30(32,33)34)42-29(11-12-29)18-5-7-19(31)8-6-18/h3-10,21H,11-16H2,1-2H3,(H,35,45)(H,36,46)(H,38,44)(H,47,48)(H2,37,39,40,41,42)/t21-/m1/s1. The minimum atomic E-state index is -4.64. The lowest BCUT2D eigenvalue weighted by Crippen LogP contribution is -2.51. The second kappa shape index (κ2) is 15.8. The Labute approximate surface area is 283 Å². The fourth-order valence-corrected chi connectivity index (χ4v) is 4.42. The summed E-state index contributed by atoms with van der Waals surface area (Å²) < 4.78 is 43.4. The molecule has 1 saturated carbocycles. The highest BCUT2D eigenvalue weighted by molar-refractivity contribution is 6.35. The van der Waals surface area contributed by atoms with Crippen LogP contribution < -0.4 is 31.3 Å². The number of hydrogen-bond acceptors (Lipinski definition) is 11. The molecule has 262 valence electrons. The van der Waals surface area contributed by atoms with Crippen molar-refractivity contribution in [1.82, 2.24) is 35.8 Å². The fraction of sp³-hybridized carbons (Fsp3) is 0.367. The van der Waals surface area contributed by atoms with E-state index in [9.17, 15) is 37.5 Å². The van der Waals surface area contributed by atoms with Crippen LogP contribution in [0.2, 0.25) is 5.02 Å². The van der Waals surface area contributed by atoms with E-state index >= 15 is 0 Å². The summed E-state index contributed by atoms with van der Waals surface area (Å²) in [5, 5.41) is 22.9. The lowest BCUT2D eigenvalue weighted by atomic mass is 10.1. The number of aromatic nitrogens is 3. The van der Waals surface area contributed by atoms with Gasteiger partial charge in [0.15, 0.2) is 6.61 Å². The molecule has 1 atom stereocenters. The maximum Gasteiger partial charge on any atom is 0.422 e. The van der Waals surface area contributed by atoms with Gasteiger partial charge in [0.25, 0.3) is 5.91 Å². The summed E-state index contributed by atoms with van der Waals surface area (Å²) in [5.74, 6) is -4.46.